The lowest BCUT2D eigenvalue weighted by Gasteiger charge is -2.10. The zero-order valence-electron chi connectivity index (χ0n) is 10.9. The highest BCUT2D eigenvalue weighted by Gasteiger charge is 2.20. The fourth-order valence-electron chi connectivity index (χ4n) is 1.49. The second kappa shape index (κ2) is 6.10. The first-order valence-corrected chi connectivity index (χ1v) is 8.17. The van der Waals surface area contributed by atoms with Crippen LogP contribution in [0.2, 0.25) is 0 Å². The van der Waals surface area contributed by atoms with Gasteiger partial charge in [0.25, 0.3) is 10.0 Å². The smallest absolute Gasteiger partial charge is 0.345 e. The molecule has 0 spiro atoms. The van der Waals surface area contributed by atoms with Crippen molar-refractivity contribution in [2.24, 2.45) is 0 Å². The average molecular weight is 328 g/mol. The van der Waals surface area contributed by atoms with Crippen LogP contribution in [0, 0.1) is 0 Å². The van der Waals surface area contributed by atoms with Crippen LogP contribution in [0.3, 0.4) is 0 Å². The maximum absolute atomic E-state index is 12.2. The molecule has 112 valence electrons. The van der Waals surface area contributed by atoms with Crippen LogP contribution in [-0.4, -0.2) is 31.1 Å². The molecule has 0 aliphatic rings. The molecule has 0 bridgehead atoms. The van der Waals surface area contributed by atoms with Crippen LogP contribution >= 0.6 is 11.3 Å². The van der Waals surface area contributed by atoms with Crippen molar-refractivity contribution in [2.75, 3.05) is 11.3 Å². The van der Waals surface area contributed by atoms with Crippen molar-refractivity contribution >= 4 is 33.0 Å². The number of aromatic nitrogens is 1. The topological polar surface area (TPSA) is 106 Å². The first kappa shape index (κ1) is 15.3. The van der Waals surface area contributed by atoms with Crippen molar-refractivity contribution in [3.05, 3.63) is 35.3 Å². The number of aromatic carboxylic acids is 1. The number of carbonyl (C=O) groups is 1. The largest absolute Gasteiger partial charge is 0.477 e. The second-order valence-corrected chi connectivity index (χ2v) is 6.81. The predicted octanol–water partition coefficient (Wildman–Crippen LogP) is 2.04. The number of hydrogen-bond acceptors (Lipinski definition) is 6. The summed E-state index contributed by atoms with van der Waals surface area (Å²) in [7, 11) is -3.88. The number of hydrogen-bond donors (Lipinski definition) is 2. The molecule has 2 aromatic heterocycles. The molecule has 2 aromatic rings. The van der Waals surface area contributed by atoms with E-state index in [1.165, 1.54) is 24.4 Å². The van der Waals surface area contributed by atoms with Crippen molar-refractivity contribution in [1.82, 2.24) is 4.98 Å². The molecular formula is C12H12N2O5S2. The Kier molecular flexibility index (Phi) is 4.43. The van der Waals surface area contributed by atoms with E-state index in [4.69, 9.17) is 9.84 Å². The third-order valence-electron chi connectivity index (χ3n) is 2.35. The summed E-state index contributed by atoms with van der Waals surface area (Å²) in [5.74, 6) is -1.00. The lowest BCUT2D eigenvalue weighted by Crippen LogP contribution is -2.13. The van der Waals surface area contributed by atoms with Gasteiger partial charge in [-0.15, -0.1) is 11.3 Å². The maximum atomic E-state index is 12.2. The second-order valence-electron chi connectivity index (χ2n) is 3.82. The van der Waals surface area contributed by atoms with Gasteiger partial charge in [-0.2, -0.15) is 0 Å². The van der Waals surface area contributed by atoms with E-state index in [1.807, 2.05) is 0 Å². The molecule has 0 saturated heterocycles. The highest BCUT2D eigenvalue weighted by Crippen LogP contribution is 2.27. The first-order valence-electron chi connectivity index (χ1n) is 5.88. The van der Waals surface area contributed by atoms with Crippen LogP contribution in [-0.2, 0) is 10.0 Å². The SMILES string of the molecule is CCOc1ncccc1NS(=O)(=O)c1ccc(C(=O)O)s1. The summed E-state index contributed by atoms with van der Waals surface area (Å²) in [5.41, 5.74) is 0.199. The Bertz CT molecular complexity index is 755. The van der Waals surface area contributed by atoms with Gasteiger partial charge in [-0.3, -0.25) is 4.72 Å². The first-order chi connectivity index (χ1) is 9.94. The van der Waals surface area contributed by atoms with Gasteiger partial charge in [0.1, 0.15) is 14.8 Å². The Morgan fingerprint density at radius 3 is 2.81 bits per heavy atom. The van der Waals surface area contributed by atoms with E-state index in [9.17, 15) is 13.2 Å². The molecule has 0 aliphatic carbocycles. The van der Waals surface area contributed by atoms with Crippen LogP contribution < -0.4 is 9.46 Å². The normalized spacial score (nSPS) is 11.1. The molecule has 0 amide bonds. The van der Waals surface area contributed by atoms with E-state index in [-0.39, 0.29) is 20.7 Å². The Morgan fingerprint density at radius 2 is 2.19 bits per heavy atom. The van der Waals surface area contributed by atoms with Crippen molar-refractivity contribution in [3.8, 4) is 5.88 Å². The number of carboxylic acid groups (broad SMARTS) is 1. The molecule has 7 nitrogen and oxygen atoms in total. The van der Waals surface area contributed by atoms with Crippen molar-refractivity contribution in [2.45, 2.75) is 11.1 Å². The molecule has 21 heavy (non-hydrogen) atoms. The molecule has 0 aromatic carbocycles. The Balaban J connectivity index is 2.30. The van der Waals surface area contributed by atoms with Gasteiger partial charge in [-0.1, -0.05) is 0 Å². The number of rotatable bonds is 6. The quantitative estimate of drug-likeness (QED) is 0.840. The maximum Gasteiger partial charge on any atom is 0.345 e. The summed E-state index contributed by atoms with van der Waals surface area (Å²) in [5, 5.41) is 8.83. The Morgan fingerprint density at radius 1 is 1.43 bits per heavy atom. The van der Waals surface area contributed by atoms with Gasteiger partial charge < -0.3 is 9.84 Å². The van der Waals surface area contributed by atoms with E-state index in [0.717, 1.165) is 0 Å². The molecule has 0 saturated carbocycles. The summed E-state index contributed by atoms with van der Waals surface area (Å²) in [6.07, 6.45) is 1.48. The summed E-state index contributed by atoms with van der Waals surface area (Å²) < 4.78 is 31.9. The standard InChI is InChI=1S/C12H12N2O5S2/c1-2-19-11-8(4-3-7-13-11)14-21(17,18)10-6-5-9(20-10)12(15)16/h3-7,14H,2H2,1H3,(H,15,16). The fourth-order valence-corrected chi connectivity index (χ4v) is 3.70. The highest BCUT2D eigenvalue weighted by molar-refractivity contribution is 7.94. The van der Waals surface area contributed by atoms with Gasteiger partial charge in [-0.05, 0) is 31.2 Å². The van der Waals surface area contributed by atoms with Gasteiger partial charge >= 0.3 is 5.97 Å². The van der Waals surface area contributed by atoms with Crippen molar-refractivity contribution < 1.29 is 23.1 Å². The molecule has 9 heteroatoms. The summed E-state index contributed by atoms with van der Waals surface area (Å²) in [6.45, 7) is 2.10. The highest BCUT2D eigenvalue weighted by atomic mass is 32.2. The molecule has 0 fully saturated rings. The molecule has 0 atom stereocenters. The third-order valence-corrected chi connectivity index (χ3v) is 5.28. The van der Waals surface area contributed by atoms with Gasteiger partial charge in [0.05, 0.1) is 6.61 Å². The minimum Gasteiger partial charge on any atom is -0.477 e. The van der Waals surface area contributed by atoms with Gasteiger partial charge in [-0.25, -0.2) is 18.2 Å². The Labute approximate surface area is 125 Å². The zero-order chi connectivity index (χ0) is 15.5. The number of anilines is 1. The molecule has 2 N–H and O–H groups in total. The number of nitrogens with zero attached hydrogens (tertiary/aromatic N) is 1. The van der Waals surface area contributed by atoms with E-state index < -0.39 is 16.0 Å². The van der Waals surface area contributed by atoms with Crippen LogP contribution in [0.4, 0.5) is 5.69 Å². The average Bonchev–Trinajstić information content (AvgIpc) is 2.92. The molecular weight excluding hydrogens is 316 g/mol. The van der Waals surface area contributed by atoms with Crippen LogP contribution in [0.1, 0.15) is 16.6 Å². The van der Waals surface area contributed by atoms with Gasteiger partial charge in [0.15, 0.2) is 0 Å². The monoisotopic (exact) mass is 328 g/mol. The van der Waals surface area contributed by atoms with Crippen LogP contribution in [0.15, 0.2) is 34.7 Å². The van der Waals surface area contributed by atoms with E-state index in [0.29, 0.717) is 17.9 Å². The fraction of sp³-hybridized carbons (Fsp3) is 0.167. The molecule has 0 unspecified atom stereocenters. The van der Waals surface area contributed by atoms with Crippen molar-refractivity contribution in [1.29, 1.82) is 0 Å². The summed E-state index contributed by atoms with van der Waals surface area (Å²) in [6, 6.07) is 5.57. The predicted molar refractivity (Wildman–Crippen MR) is 77.5 cm³/mol. The summed E-state index contributed by atoms with van der Waals surface area (Å²) >= 11 is 0.675. The van der Waals surface area contributed by atoms with Crippen LogP contribution in [0.25, 0.3) is 0 Å². The van der Waals surface area contributed by atoms with E-state index in [1.54, 1.807) is 13.0 Å². The number of carboxylic acids is 1. The lowest BCUT2D eigenvalue weighted by molar-refractivity contribution is 0.0702. The number of ether oxygens (including phenoxy) is 1. The zero-order valence-corrected chi connectivity index (χ0v) is 12.6. The van der Waals surface area contributed by atoms with Crippen molar-refractivity contribution in [3.63, 3.8) is 0 Å². The number of nitrogens with one attached hydrogen (secondary N) is 1. The molecule has 2 rings (SSSR count). The summed E-state index contributed by atoms with van der Waals surface area (Å²) in [4.78, 5) is 14.7. The Hall–Kier alpha value is -2.13. The van der Waals surface area contributed by atoms with Gasteiger partial charge in [0, 0.05) is 6.20 Å². The lowest BCUT2D eigenvalue weighted by atomic mass is 10.4. The number of thiophene rings is 1. The molecule has 0 aliphatic heterocycles. The minimum atomic E-state index is -3.88. The number of sulfonamides is 1. The van der Waals surface area contributed by atoms with Crippen LogP contribution in [0.5, 0.6) is 5.88 Å². The van der Waals surface area contributed by atoms with Gasteiger partial charge in [0.2, 0.25) is 5.88 Å². The number of pyridine rings is 1. The van der Waals surface area contributed by atoms with E-state index in [2.05, 4.69) is 9.71 Å². The third kappa shape index (κ3) is 3.50. The minimum absolute atomic E-state index is 0.0495. The molecule has 0 radical (unpaired) electrons. The molecule has 2 heterocycles. The van der Waals surface area contributed by atoms with E-state index >= 15 is 0 Å².